The number of hydrogen-bond acceptors (Lipinski definition) is 3. The van der Waals surface area contributed by atoms with Gasteiger partial charge in [-0.2, -0.15) is 0 Å². The molecule has 0 heterocycles. The van der Waals surface area contributed by atoms with Crippen molar-refractivity contribution in [3.05, 3.63) is 29.8 Å². The molecule has 5 N–H and O–H groups in total. The summed E-state index contributed by atoms with van der Waals surface area (Å²) in [5.41, 5.74) is 5.87. The van der Waals surface area contributed by atoms with Gasteiger partial charge in [0.1, 0.15) is 6.04 Å². The quantitative estimate of drug-likeness (QED) is 0.633. The number of carboxylic acids is 1. The van der Waals surface area contributed by atoms with Crippen LogP contribution in [0.4, 0.5) is 10.5 Å². The summed E-state index contributed by atoms with van der Waals surface area (Å²) in [7, 11) is 0. The molecule has 0 aliphatic heterocycles. The van der Waals surface area contributed by atoms with Gasteiger partial charge in [0.25, 0.3) is 0 Å². The summed E-state index contributed by atoms with van der Waals surface area (Å²) in [6, 6.07) is 4.40. The molecule has 7 heteroatoms. The van der Waals surface area contributed by atoms with Crippen LogP contribution in [-0.2, 0) is 4.79 Å². The number of anilines is 1. The van der Waals surface area contributed by atoms with Crippen molar-refractivity contribution >= 4 is 23.6 Å². The summed E-state index contributed by atoms with van der Waals surface area (Å²) >= 11 is 0. The molecular formula is C14H19N3O4. The second kappa shape index (κ2) is 7.28. The third-order valence-corrected chi connectivity index (χ3v) is 2.74. The first-order valence-corrected chi connectivity index (χ1v) is 6.49. The van der Waals surface area contributed by atoms with E-state index in [1.165, 1.54) is 24.3 Å². The zero-order chi connectivity index (χ0) is 16.0. The highest BCUT2D eigenvalue weighted by Crippen LogP contribution is 2.10. The molecule has 7 nitrogen and oxygen atoms in total. The Bertz CT molecular complexity index is 526. The Morgan fingerprint density at radius 1 is 1.19 bits per heavy atom. The SMILES string of the molecule is CC(C)C[C@@H](NC(=O)Nc1ccc(C(N)=O)cc1)C(=O)O. The predicted molar refractivity (Wildman–Crippen MR) is 78.0 cm³/mol. The molecule has 21 heavy (non-hydrogen) atoms. The average molecular weight is 293 g/mol. The number of nitrogens with one attached hydrogen (secondary N) is 2. The number of amides is 3. The van der Waals surface area contributed by atoms with E-state index in [1.54, 1.807) is 0 Å². The standard InChI is InChI=1S/C14H19N3O4/c1-8(2)7-11(13(19)20)17-14(21)16-10-5-3-9(4-6-10)12(15)18/h3-6,8,11H,7H2,1-2H3,(H2,15,18)(H,19,20)(H2,16,17,21)/t11-/m1/s1. The normalized spacial score (nSPS) is 11.8. The number of carbonyl (C=O) groups excluding carboxylic acids is 2. The lowest BCUT2D eigenvalue weighted by Gasteiger charge is -2.17. The van der Waals surface area contributed by atoms with Crippen LogP contribution in [0, 0.1) is 5.92 Å². The summed E-state index contributed by atoms with van der Waals surface area (Å²) < 4.78 is 0. The number of rotatable bonds is 6. The van der Waals surface area contributed by atoms with Gasteiger partial charge in [0.2, 0.25) is 5.91 Å². The summed E-state index contributed by atoms with van der Waals surface area (Å²) in [6.45, 7) is 3.75. The van der Waals surface area contributed by atoms with Crippen molar-refractivity contribution < 1.29 is 19.5 Å². The van der Waals surface area contributed by atoms with Crippen molar-refractivity contribution in [2.75, 3.05) is 5.32 Å². The Morgan fingerprint density at radius 2 is 1.76 bits per heavy atom. The highest BCUT2D eigenvalue weighted by atomic mass is 16.4. The molecular weight excluding hydrogens is 274 g/mol. The fourth-order valence-corrected chi connectivity index (χ4v) is 1.74. The van der Waals surface area contributed by atoms with Gasteiger partial charge in [-0.1, -0.05) is 13.8 Å². The molecule has 1 aromatic carbocycles. The van der Waals surface area contributed by atoms with Crippen molar-refractivity contribution in [1.29, 1.82) is 0 Å². The van der Waals surface area contributed by atoms with Gasteiger partial charge >= 0.3 is 12.0 Å². The highest BCUT2D eigenvalue weighted by Gasteiger charge is 2.20. The number of benzene rings is 1. The Balaban J connectivity index is 2.63. The second-order valence-corrected chi connectivity index (χ2v) is 5.06. The maximum atomic E-state index is 11.8. The molecule has 114 valence electrons. The van der Waals surface area contributed by atoms with Crippen LogP contribution < -0.4 is 16.4 Å². The molecule has 0 radical (unpaired) electrons. The van der Waals surface area contributed by atoms with E-state index in [9.17, 15) is 14.4 Å². The fraction of sp³-hybridized carbons (Fsp3) is 0.357. The molecule has 0 bridgehead atoms. The van der Waals surface area contributed by atoms with E-state index in [0.29, 0.717) is 17.7 Å². The Hall–Kier alpha value is -2.57. The zero-order valence-electron chi connectivity index (χ0n) is 11.9. The lowest BCUT2D eigenvalue weighted by atomic mass is 10.0. The van der Waals surface area contributed by atoms with Crippen molar-refractivity contribution in [1.82, 2.24) is 5.32 Å². The number of carbonyl (C=O) groups is 3. The number of nitrogens with two attached hydrogens (primary N) is 1. The molecule has 0 fully saturated rings. The molecule has 1 aromatic rings. The topological polar surface area (TPSA) is 122 Å². The highest BCUT2D eigenvalue weighted by molar-refractivity contribution is 5.95. The van der Waals surface area contributed by atoms with Crippen LogP contribution in [0.25, 0.3) is 0 Å². The molecule has 0 saturated heterocycles. The summed E-state index contributed by atoms with van der Waals surface area (Å²) in [6.07, 6.45) is 0.337. The van der Waals surface area contributed by atoms with Gasteiger partial charge in [-0.25, -0.2) is 9.59 Å². The minimum atomic E-state index is -1.08. The van der Waals surface area contributed by atoms with Crippen LogP contribution in [0.1, 0.15) is 30.6 Å². The minimum Gasteiger partial charge on any atom is -0.480 e. The van der Waals surface area contributed by atoms with E-state index in [-0.39, 0.29) is 5.92 Å². The van der Waals surface area contributed by atoms with Gasteiger partial charge in [0.15, 0.2) is 0 Å². The fourth-order valence-electron chi connectivity index (χ4n) is 1.74. The van der Waals surface area contributed by atoms with Crippen LogP contribution in [0.2, 0.25) is 0 Å². The van der Waals surface area contributed by atoms with Crippen LogP contribution in [0.3, 0.4) is 0 Å². The van der Waals surface area contributed by atoms with Crippen LogP contribution >= 0.6 is 0 Å². The third kappa shape index (κ3) is 5.52. The lowest BCUT2D eigenvalue weighted by Crippen LogP contribution is -2.43. The smallest absolute Gasteiger partial charge is 0.326 e. The van der Waals surface area contributed by atoms with E-state index in [2.05, 4.69) is 10.6 Å². The number of carboxylic acid groups (broad SMARTS) is 1. The van der Waals surface area contributed by atoms with E-state index in [4.69, 9.17) is 10.8 Å². The van der Waals surface area contributed by atoms with Crippen molar-refractivity contribution in [3.63, 3.8) is 0 Å². The van der Waals surface area contributed by atoms with Crippen molar-refractivity contribution in [3.8, 4) is 0 Å². The van der Waals surface area contributed by atoms with Crippen molar-refractivity contribution in [2.45, 2.75) is 26.3 Å². The average Bonchev–Trinajstić information content (AvgIpc) is 2.37. The maximum Gasteiger partial charge on any atom is 0.326 e. The van der Waals surface area contributed by atoms with Crippen LogP contribution in [0.15, 0.2) is 24.3 Å². The minimum absolute atomic E-state index is 0.140. The number of hydrogen-bond donors (Lipinski definition) is 4. The molecule has 3 amide bonds. The van der Waals surface area contributed by atoms with Gasteiger partial charge in [0, 0.05) is 11.3 Å². The Labute approximate surface area is 122 Å². The van der Waals surface area contributed by atoms with Gasteiger partial charge < -0.3 is 21.5 Å². The van der Waals surface area contributed by atoms with E-state index in [1.807, 2.05) is 13.8 Å². The molecule has 0 aromatic heterocycles. The predicted octanol–water partition coefficient (Wildman–Crippen LogP) is 1.41. The zero-order valence-corrected chi connectivity index (χ0v) is 11.9. The molecule has 1 rings (SSSR count). The lowest BCUT2D eigenvalue weighted by molar-refractivity contribution is -0.139. The van der Waals surface area contributed by atoms with Crippen molar-refractivity contribution in [2.24, 2.45) is 11.7 Å². The monoisotopic (exact) mass is 293 g/mol. The first kappa shape index (κ1) is 16.5. The van der Waals surface area contributed by atoms with Gasteiger partial charge in [-0.3, -0.25) is 4.79 Å². The summed E-state index contributed by atoms with van der Waals surface area (Å²) in [5.74, 6) is -1.50. The first-order valence-electron chi connectivity index (χ1n) is 6.49. The van der Waals surface area contributed by atoms with E-state index in [0.717, 1.165) is 0 Å². The Morgan fingerprint density at radius 3 is 2.19 bits per heavy atom. The number of primary amides is 1. The third-order valence-electron chi connectivity index (χ3n) is 2.74. The first-order chi connectivity index (χ1) is 9.79. The van der Waals surface area contributed by atoms with Gasteiger partial charge in [-0.05, 0) is 36.6 Å². The van der Waals surface area contributed by atoms with E-state index < -0.39 is 23.9 Å². The van der Waals surface area contributed by atoms with Gasteiger partial charge in [0.05, 0.1) is 0 Å². The van der Waals surface area contributed by atoms with E-state index >= 15 is 0 Å². The summed E-state index contributed by atoms with van der Waals surface area (Å²) in [5, 5.41) is 13.9. The molecule has 0 aliphatic rings. The summed E-state index contributed by atoms with van der Waals surface area (Å²) in [4.78, 5) is 33.7. The molecule has 0 saturated carbocycles. The largest absolute Gasteiger partial charge is 0.480 e. The maximum absolute atomic E-state index is 11.8. The second-order valence-electron chi connectivity index (χ2n) is 5.06. The number of urea groups is 1. The molecule has 1 atom stereocenters. The van der Waals surface area contributed by atoms with Gasteiger partial charge in [-0.15, -0.1) is 0 Å². The van der Waals surface area contributed by atoms with Crippen LogP contribution in [0.5, 0.6) is 0 Å². The molecule has 0 spiro atoms. The molecule has 0 aliphatic carbocycles. The van der Waals surface area contributed by atoms with Crippen LogP contribution in [-0.4, -0.2) is 29.1 Å². The Kier molecular flexibility index (Phi) is 5.71. The molecule has 0 unspecified atom stereocenters. The number of aliphatic carboxylic acids is 1.